The molecule has 0 N–H and O–H groups in total. The number of hydrogen-bond acceptors (Lipinski definition) is 5. The summed E-state index contributed by atoms with van der Waals surface area (Å²) in [6.07, 6.45) is 3.70. The molecule has 0 amide bonds. The molecule has 2 aromatic heterocycles. The quantitative estimate of drug-likeness (QED) is 0.730. The summed E-state index contributed by atoms with van der Waals surface area (Å²) >= 11 is 1.62. The van der Waals surface area contributed by atoms with Crippen molar-refractivity contribution in [3.05, 3.63) is 64.6 Å². The smallest absolute Gasteiger partial charge is 0.125 e. The lowest BCUT2D eigenvalue weighted by Gasteiger charge is -2.31. The van der Waals surface area contributed by atoms with Gasteiger partial charge in [-0.2, -0.15) is 5.10 Å². The van der Waals surface area contributed by atoms with E-state index in [1.54, 1.807) is 22.1 Å². The average molecular weight is 344 g/mol. The lowest BCUT2D eigenvalue weighted by Crippen LogP contribution is -2.37. The zero-order valence-corrected chi connectivity index (χ0v) is 13.8. The van der Waals surface area contributed by atoms with E-state index in [2.05, 4.69) is 15.0 Å². The first-order valence-electron chi connectivity index (χ1n) is 7.82. The average Bonchev–Trinajstić information content (AvgIpc) is 3.27. The number of hydrogen-bond donors (Lipinski definition) is 0. The largest absolute Gasteiger partial charge is 0.368 e. The maximum Gasteiger partial charge on any atom is 0.125 e. The molecule has 0 bridgehead atoms. The molecule has 0 aliphatic carbocycles. The minimum atomic E-state index is -0.260. The predicted octanol–water partition coefficient (Wildman–Crippen LogP) is 3.04. The van der Waals surface area contributed by atoms with Crippen molar-refractivity contribution < 1.29 is 9.13 Å². The van der Waals surface area contributed by atoms with Gasteiger partial charge in [0.1, 0.15) is 16.9 Å². The zero-order valence-electron chi connectivity index (χ0n) is 13.0. The number of benzene rings is 1. The summed E-state index contributed by atoms with van der Waals surface area (Å²) in [5, 5.41) is 7.55. The van der Waals surface area contributed by atoms with Crippen molar-refractivity contribution in [3.63, 3.8) is 0 Å². The van der Waals surface area contributed by atoms with E-state index in [-0.39, 0.29) is 11.9 Å². The monoisotopic (exact) mass is 344 g/mol. The summed E-state index contributed by atoms with van der Waals surface area (Å²) in [5.41, 5.74) is 1.68. The molecular formula is C17H17FN4OS. The SMILES string of the molecule is Fc1cccc(-n2ccc(CN3CCO[C@@H](c4nccs4)C3)n2)c1. The third-order valence-electron chi connectivity index (χ3n) is 3.98. The van der Waals surface area contributed by atoms with Gasteiger partial charge in [0.25, 0.3) is 0 Å². The van der Waals surface area contributed by atoms with Crippen LogP contribution in [0.1, 0.15) is 16.8 Å². The molecule has 3 heterocycles. The molecule has 0 unspecified atom stereocenters. The fourth-order valence-corrected chi connectivity index (χ4v) is 3.50. The molecule has 4 rings (SSSR count). The molecule has 3 aromatic rings. The topological polar surface area (TPSA) is 43.2 Å². The van der Waals surface area contributed by atoms with Gasteiger partial charge in [-0.1, -0.05) is 6.07 Å². The van der Waals surface area contributed by atoms with Crippen LogP contribution in [0.3, 0.4) is 0 Å². The van der Waals surface area contributed by atoms with Gasteiger partial charge in [-0.3, -0.25) is 4.90 Å². The minimum Gasteiger partial charge on any atom is -0.368 e. The normalized spacial score (nSPS) is 18.8. The second kappa shape index (κ2) is 6.80. The second-order valence-electron chi connectivity index (χ2n) is 5.70. The standard InChI is InChI=1S/C17H17FN4OS/c18-13-2-1-3-15(10-13)22-6-4-14(20-22)11-21-7-8-23-16(12-21)17-19-5-9-24-17/h1-6,9-10,16H,7-8,11-12H2/t16-/m1/s1. The van der Waals surface area contributed by atoms with E-state index < -0.39 is 0 Å². The van der Waals surface area contributed by atoms with Gasteiger partial charge in [0, 0.05) is 37.4 Å². The molecule has 7 heteroatoms. The maximum atomic E-state index is 13.3. The lowest BCUT2D eigenvalue weighted by molar-refractivity contribution is -0.0333. The first-order chi connectivity index (χ1) is 11.8. The Balaban J connectivity index is 1.44. The van der Waals surface area contributed by atoms with Crippen molar-refractivity contribution in [3.8, 4) is 5.69 Å². The lowest BCUT2D eigenvalue weighted by atomic mass is 10.2. The van der Waals surface area contributed by atoms with Crippen molar-refractivity contribution >= 4 is 11.3 Å². The van der Waals surface area contributed by atoms with Crippen LogP contribution in [0.5, 0.6) is 0 Å². The Morgan fingerprint density at radius 3 is 3.12 bits per heavy atom. The van der Waals surface area contributed by atoms with E-state index in [0.717, 1.165) is 36.0 Å². The molecule has 1 aromatic carbocycles. The van der Waals surface area contributed by atoms with Crippen molar-refractivity contribution in [2.24, 2.45) is 0 Å². The van der Waals surface area contributed by atoms with Gasteiger partial charge in [-0.25, -0.2) is 14.1 Å². The van der Waals surface area contributed by atoms with Crippen molar-refractivity contribution in [1.29, 1.82) is 0 Å². The molecule has 1 aliphatic rings. The molecular weight excluding hydrogens is 327 g/mol. The molecule has 5 nitrogen and oxygen atoms in total. The van der Waals surface area contributed by atoms with Crippen LogP contribution in [-0.4, -0.2) is 39.4 Å². The molecule has 1 fully saturated rings. The number of rotatable bonds is 4. The first kappa shape index (κ1) is 15.4. The number of nitrogens with zero attached hydrogens (tertiary/aromatic N) is 4. The zero-order chi connectivity index (χ0) is 16.4. The van der Waals surface area contributed by atoms with Crippen LogP contribution in [0.4, 0.5) is 4.39 Å². The van der Waals surface area contributed by atoms with E-state index in [1.807, 2.05) is 29.9 Å². The highest BCUT2D eigenvalue weighted by Gasteiger charge is 2.24. The number of aromatic nitrogens is 3. The van der Waals surface area contributed by atoms with Gasteiger partial charge < -0.3 is 4.74 Å². The molecule has 1 aliphatic heterocycles. The van der Waals surface area contributed by atoms with E-state index in [9.17, 15) is 4.39 Å². The van der Waals surface area contributed by atoms with Crippen LogP contribution in [0.25, 0.3) is 5.69 Å². The summed E-state index contributed by atoms with van der Waals surface area (Å²) in [7, 11) is 0. The molecule has 0 radical (unpaired) electrons. The Hall–Kier alpha value is -2.09. The van der Waals surface area contributed by atoms with E-state index in [4.69, 9.17) is 4.74 Å². The Labute approximate surface area is 143 Å². The Morgan fingerprint density at radius 2 is 2.29 bits per heavy atom. The van der Waals surface area contributed by atoms with Crippen LogP contribution in [0.15, 0.2) is 48.1 Å². The highest BCUT2D eigenvalue weighted by Crippen LogP contribution is 2.24. The Morgan fingerprint density at radius 1 is 1.33 bits per heavy atom. The highest BCUT2D eigenvalue weighted by atomic mass is 32.1. The fraction of sp³-hybridized carbons (Fsp3) is 0.294. The van der Waals surface area contributed by atoms with Gasteiger partial charge in [0.05, 0.1) is 18.0 Å². The fourth-order valence-electron chi connectivity index (χ4n) is 2.83. The molecule has 24 heavy (non-hydrogen) atoms. The van der Waals surface area contributed by atoms with E-state index in [0.29, 0.717) is 6.61 Å². The number of thiazole rings is 1. The maximum absolute atomic E-state index is 13.3. The Kier molecular flexibility index (Phi) is 4.38. The van der Waals surface area contributed by atoms with Crippen molar-refractivity contribution in [2.75, 3.05) is 19.7 Å². The van der Waals surface area contributed by atoms with Crippen LogP contribution in [0.2, 0.25) is 0 Å². The van der Waals surface area contributed by atoms with Crippen LogP contribution in [-0.2, 0) is 11.3 Å². The summed E-state index contributed by atoms with van der Waals surface area (Å²) < 4.78 is 20.9. The molecule has 1 atom stereocenters. The Bertz CT molecular complexity index is 805. The van der Waals surface area contributed by atoms with Crippen LogP contribution >= 0.6 is 11.3 Å². The van der Waals surface area contributed by atoms with Gasteiger partial charge in [-0.05, 0) is 24.3 Å². The number of ether oxygens (including phenoxy) is 1. The minimum absolute atomic E-state index is 0.0315. The van der Waals surface area contributed by atoms with Gasteiger partial charge in [0.2, 0.25) is 0 Å². The summed E-state index contributed by atoms with van der Waals surface area (Å²) in [5.74, 6) is -0.260. The van der Waals surface area contributed by atoms with Crippen molar-refractivity contribution in [2.45, 2.75) is 12.6 Å². The second-order valence-corrected chi connectivity index (χ2v) is 6.62. The van der Waals surface area contributed by atoms with E-state index >= 15 is 0 Å². The summed E-state index contributed by atoms with van der Waals surface area (Å²) in [4.78, 5) is 6.66. The van der Waals surface area contributed by atoms with Crippen LogP contribution in [0, 0.1) is 5.82 Å². The van der Waals surface area contributed by atoms with E-state index in [1.165, 1.54) is 12.1 Å². The number of morpholine rings is 1. The van der Waals surface area contributed by atoms with Gasteiger partial charge in [0.15, 0.2) is 0 Å². The highest BCUT2D eigenvalue weighted by molar-refractivity contribution is 7.09. The third kappa shape index (κ3) is 3.38. The summed E-state index contributed by atoms with van der Waals surface area (Å²) in [6, 6.07) is 8.41. The molecule has 0 saturated carbocycles. The van der Waals surface area contributed by atoms with Gasteiger partial charge in [-0.15, -0.1) is 11.3 Å². The predicted molar refractivity (Wildman–Crippen MR) is 89.6 cm³/mol. The van der Waals surface area contributed by atoms with Crippen LogP contribution < -0.4 is 0 Å². The molecule has 1 saturated heterocycles. The molecule has 0 spiro atoms. The van der Waals surface area contributed by atoms with Gasteiger partial charge >= 0.3 is 0 Å². The molecule has 124 valence electrons. The first-order valence-corrected chi connectivity index (χ1v) is 8.70. The number of halogens is 1. The summed E-state index contributed by atoms with van der Waals surface area (Å²) in [6.45, 7) is 3.11. The third-order valence-corrected chi connectivity index (χ3v) is 4.85. The van der Waals surface area contributed by atoms with Crippen molar-refractivity contribution in [1.82, 2.24) is 19.7 Å².